The smallest absolute Gasteiger partial charge is 0.279 e. The SMILES string of the molecule is CCc1cccc(NC(=O)C[NH2+][C@@H](C)c2ccccc2Cl)c1. The molecule has 2 aromatic rings. The predicted octanol–water partition coefficient (Wildman–Crippen LogP) is 3.17. The Hall–Kier alpha value is -1.84. The second kappa shape index (κ2) is 7.97. The van der Waals surface area contributed by atoms with Crippen molar-refractivity contribution in [3.8, 4) is 0 Å². The topological polar surface area (TPSA) is 45.7 Å². The van der Waals surface area contributed by atoms with Gasteiger partial charge in [-0.3, -0.25) is 4.79 Å². The van der Waals surface area contributed by atoms with Gasteiger partial charge in [-0.15, -0.1) is 0 Å². The summed E-state index contributed by atoms with van der Waals surface area (Å²) in [7, 11) is 0. The van der Waals surface area contributed by atoms with Gasteiger partial charge in [-0.1, -0.05) is 48.9 Å². The molecule has 0 saturated heterocycles. The molecule has 0 aliphatic heterocycles. The van der Waals surface area contributed by atoms with Gasteiger partial charge in [0, 0.05) is 16.3 Å². The number of aryl methyl sites for hydroxylation is 1. The maximum absolute atomic E-state index is 12.1. The number of quaternary nitrogens is 1. The lowest BCUT2D eigenvalue weighted by Gasteiger charge is -2.12. The Morgan fingerprint density at radius 1 is 1.23 bits per heavy atom. The molecule has 0 unspecified atom stereocenters. The summed E-state index contributed by atoms with van der Waals surface area (Å²) >= 11 is 6.18. The van der Waals surface area contributed by atoms with Gasteiger partial charge in [-0.2, -0.15) is 0 Å². The first-order valence-corrected chi connectivity index (χ1v) is 7.94. The molecular formula is C18H22ClN2O+. The Balaban J connectivity index is 1.88. The Labute approximate surface area is 136 Å². The van der Waals surface area contributed by atoms with Crippen LogP contribution in [0.4, 0.5) is 5.69 Å². The molecular weight excluding hydrogens is 296 g/mol. The van der Waals surface area contributed by atoms with Crippen LogP contribution in [0.1, 0.15) is 31.0 Å². The molecule has 0 radical (unpaired) electrons. The van der Waals surface area contributed by atoms with Crippen molar-refractivity contribution in [1.82, 2.24) is 0 Å². The van der Waals surface area contributed by atoms with E-state index in [1.54, 1.807) is 0 Å². The zero-order valence-corrected chi connectivity index (χ0v) is 13.7. The van der Waals surface area contributed by atoms with Crippen LogP contribution in [-0.2, 0) is 11.2 Å². The fourth-order valence-electron chi connectivity index (χ4n) is 2.34. The summed E-state index contributed by atoms with van der Waals surface area (Å²) in [5.41, 5.74) is 3.11. The molecule has 0 bridgehead atoms. The number of carbonyl (C=O) groups excluding carboxylic acids is 1. The molecule has 1 amide bonds. The lowest BCUT2D eigenvalue weighted by atomic mass is 10.1. The van der Waals surface area contributed by atoms with E-state index in [1.807, 2.05) is 54.7 Å². The van der Waals surface area contributed by atoms with Crippen molar-refractivity contribution in [2.24, 2.45) is 0 Å². The van der Waals surface area contributed by atoms with Gasteiger partial charge in [0.2, 0.25) is 0 Å². The molecule has 22 heavy (non-hydrogen) atoms. The molecule has 3 nitrogen and oxygen atoms in total. The van der Waals surface area contributed by atoms with Crippen LogP contribution < -0.4 is 10.6 Å². The van der Waals surface area contributed by atoms with E-state index in [0.29, 0.717) is 6.54 Å². The van der Waals surface area contributed by atoms with E-state index < -0.39 is 0 Å². The molecule has 0 spiro atoms. The fourth-order valence-corrected chi connectivity index (χ4v) is 2.64. The van der Waals surface area contributed by atoms with Crippen molar-refractivity contribution in [2.75, 3.05) is 11.9 Å². The van der Waals surface area contributed by atoms with Crippen molar-refractivity contribution in [3.05, 3.63) is 64.7 Å². The molecule has 1 atom stereocenters. The summed E-state index contributed by atoms with van der Waals surface area (Å²) in [4.78, 5) is 12.1. The van der Waals surface area contributed by atoms with E-state index in [1.165, 1.54) is 5.56 Å². The number of halogens is 1. The standard InChI is InChI=1S/C18H21ClN2O/c1-3-14-7-6-8-15(11-14)21-18(22)12-20-13(2)16-9-4-5-10-17(16)19/h4-11,13,20H,3,12H2,1-2H3,(H,21,22)/p+1/t13-/m0/s1. The highest BCUT2D eigenvalue weighted by molar-refractivity contribution is 6.31. The van der Waals surface area contributed by atoms with Crippen LogP contribution in [0.2, 0.25) is 5.02 Å². The molecule has 116 valence electrons. The molecule has 2 rings (SSSR count). The minimum absolute atomic E-state index is 0.00726. The average Bonchev–Trinajstić information content (AvgIpc) is 2.53. The number of hydrogen-bond acceptors (Lipinski definition) is 1. The monoisotopic (exact) mass is 317 g/mol. The van der Waals surface area contributed by atoms with Gasteiger partial charge < -0.3 is 10.6 Å². The third-order valence-electron chi connectivity index (χ3n) is 3.67. The zero-order valence-electron chi connectivity index (χ0n) is 13.0. The summed E-state index contributed by atoms with van der Waals surface area (Å²) in [6.07, 6.45) is 0.958. The summed E-state index contributed by atoms with van der Waals surface area (Å²) in [6.45, 7) is 4.51. The minimum atomic E-state index is -0.00726. The maximum atomic E-state index is 12.1. The molecule has 0 fully saturated rings. The van der Waals surface area contributed by atoms with Gasteiger partial charge >= 0.3 is 0 Å². The van der Waals surface area contributed by atoms with E-state index >= 15 is 0 Å². The molecule has 0 aliphatic carbocycles. The molecule has 0 aliphatic rings. The summed E-state index contributed by atoms with van der Waals surface area (Å²) < 4.78 is 0. The summed E-state index contributed by atoms with van der Waals surface area (Å²) in [5, 5.41) is 5.66. The molecule has 0 heterocycles. The quantitative estimate of drug-likeness (QED) is 0.844. The van der Waals surface area contributed by atoms with Gasteiger partial charge in [0.05, 0.1) is 0 Å². The normalized spacial score (nSPS) is 12.0. The van der Waals surface area contributed by atoms with Crippen molar-refractivity contribution in [1.29, 1.82) is 0 Å². The lowest BCUT2D eigenvalue weighted by molar-refractivity contribution is -0.682. The number of amides is 1. The van der Waals surface area contributed by atoms with Crippen molar-refractivity contribution < 1.29 is 10.1 Å². The minimum Gasteiger partial charge on any atom is -0.332 e. The van der Waals surface area contributed by atoms with Crippen LogP contribution >= 0.6 is 11.6 Å². The number of hydrogen-bond donors (Lipinski definition) is 2. The predicted molar refractivity (Wildman–Crippen MR) is 91.1 cm³/mol. The second-order valence-electron chi connectivity index (χ2n) is 5.35. The van der Waals surface area contributed by atoms with Crippen LogP contribution in [0.15, 0.2) is 48.5 Å². The lowest BCUT2D eigenvalue weighted by Crippen LogP contribution is -2.86. The van der Waals surface area contributed by atoms with E-state index in [0.717, 1.165) is 22.7 Å². The Kier molecular flexibility index (Phi) is 5.99. The first-order chi connectivity index (χ1) is 10.6. The Bertz CT molecular complexity index is 642. The average molecular weight is 318 g/mol. The van der Waals surface area contributed by atoms with E-state index in [2.05, 4.69) is 18.3 Å². The number of carbonyl (C=O) groups is 1. The highest BCUT2D eigenvalue weighted by Crippen LogP contribution is 2.19. The number of benzene rings is 2. The largest absolute Gasteiger partial charge is 0.332 e. The number of anilines is 1. The number of nitrogens with two attached hydrogens (primary N) is 1. The van der Waals surface area contributed by atoms with Gasteiger partial charge in [0.15, 0.2) is 6.54 Å². The fraction of sp³-hybridized carbons (Fsp3) is 0.278. The van der Waals surface area contributed by atoms with Crippen molar-refractivity contribution >= 4 is 23.2 Å². The van der Waals surface area contributed by atoms with Gasteiger partial charge in [0.25, 0.3) is 5.91 Å². The Morgan fingerprint density at radius 2 is 2.00 bits per heavy atom. The van der Waals surface area contributed by atoms with E-state index in [9.17, 15) is 4.79 Å². The molecule has 0 aromatic heterocycles. The third kappa shape index (κ3) is 4.58. The zero-order chi connectivity index (χ0) is 15.9. The van der Waals surface area contributed by atoms with Crippen LogP contribution in [0.3, 0.4) is 0 Å². The molecule has 0 saturated carbocycles. The molecule has 2 aromatic carbocycles. The van der Waals surface area contributed by atoms with Crippen LogP contribution in [0, 0.1) is 0 Å². The molecule has 3 N–H and O–H groups in total. The van der Waals surface area contributed by atoms with Gasteiger partial charge in [-0.25, -0.2) is 0 Å². The maximum Gasteiger partial charge on any atom is 0.279 e. The Morgan fingerprint density at radius 3 is 2.73 bits per heavy atom. The summed E-state index contributed by atoms with van der Waals surface area (Å²) in [6, 6.07) is 15.8. The van der Waals surface area contributed by atoms with Crippen molar-refractivity contribution in [2.45, 2.75) is 26.3 Å². The second-order valence-corrected chi connectivity index (χ2v) is 5.76. The number of nitrogens with one attached hydrogen (secondary N) is 1. The third-order valence-corrected chi connectivity index (χ3v) is 4.02. The van der Waals surface area contributed by atoms with Crippen LogP contribution in [0.25, 0.3) is 0 Å². The highest BCUT2D eigenvalue weighted by atomic mass is 35.5. The van der Waals surface area contributed by atoms with Crippen LogP contribution in [-0.4, -0.2) is 12.5 Å². The summed E-state index contributed by atoms with van der Waals surface area (Å²) in [5.74, 6) is -0.00726. The van der Waals surface area contributed by atoms with Gasteiger partial charge in [-0.05, 0) is 37.1 Å². The first kappa shape index (κ1) is 16.5. The highest BCUT2D eigenvalue weighted by Gasteiger charge is 2.14. The van der Waals surface area contributed by atoms with E-state index in [-0.39, 0.29) is 11.9 Å². The number of rotatable bonds is 6. The van der Waals surface area contributed by atoms with Gasteiger partial charge in [0.1, 0.15) is 6.04 Å². The van der Waals surface area contributed by atoms with Crippen LogP contribution in [0.5, 0.6) is 0 Å². The van der Waals surface area contributed by atoms with Crippen molar-refractivity contribution in [3.63, 3.8) is 0 Å². The van der Waals surface area contributed by atoms with E-state index in [4.69, 9.17) is 11.6 Å². The first-order valence-electron chi connectivity index (χ1n) is 7.56. The molecule has 4 heteroatoms.